The Bertz CT molecular complexity index is 248. The van der Waals surface area contributed by atoms with Gasteiger partial charge in [-0.25, -0.2) is 0 Å². The highest BCUT2D eigenvalue weighted by Gasteiger charge is 2.04. The Kier molecular flexibility index (Phi) is 7.43. The van der Waals surface area contributed by atoms with Crippen molar-refractivity contribution in [2.24, 2.45) is 0 Å². The van der Waals surface area contributed by atoms with Crippen molar-refractivity contribution >= 4 is 11.8 Å². The van der Waals surface area contributed by atoms with E-state index in [4.69, 9.17) is 4.42 Å². The lowest BCUT2D eigenvalue weighted by Gasteiger charge is -2.13. The van der Waals surface area contributed by atoms with Gasteiger partial charge in [-0.05, 0) is 25.0 Å². The molecule has 0 aromatic carbocycles. The maximum Gasteiger partial charge on any atom is 0.117 e. The van der Waals surface area contributed by atoms with Gasteiger partial charge in [0, 0.05) is 17.5 Å². The summed E-state index contributed by atoms with van der Waals surface area (Å²) in [6.45, 7) is 6.45. The average Bonchev–Trinajstić information content (AvgIpc) is 2.80. The summed E-state index contributed by atoms with van der Waals surface area (Å²) in [6, 6.07) is 3.94. The molecule has 1 atom stereocenters. The number of furan rings is 1. The van der Waals surface area contributed by atoms with Crippen LogP contribution in [-0.2, 0) is 6.54 Å². The van der Waals surface area contributed by atoms with E-state index in [0.717, 1.165) is 24.1 Å². The third kappa shape index (κ3) is 5.61. The summed E-state index contributed by atoms with van der Waals surface area (Å²) in [6.07, 6.45) is 5.65. The number of hydrogen-bond donors (Lipinski definition) is 1. The fraction of sp³-hybridized carbons (Fsp3) is 0.692. The van der Waals surface area contributed by atoms with Crippen LogP contribution in [0.4, 0.5) is 0 Å². The minimum absolute atomic E-state index is 0.843. The minimum Gasteiger partial charge on any atom is -0.468 e. The first-order valence-corrected chi connectivity index (χ1v) is 7.26. The van der Waals surface area contributed by atoms with Gasteiger partial charge < -0.3 is 9.73 Å². The molecule has 0 aliphatic rings. The summed E-state index contributed by atoms with van der Waals surface area (Å²) in [5.74, 6) is 2.21. The SMILES string of the molecule is CCCC(CC)SCCNCc1ccco1. The second-order valence-electron chi connectivity index (χ2n) is 3.95. The molecule has 0 spiro atoms. The molecule has 1 aromatic heterocycles. The Balaban J connectivity index is 1.98. The zero-order valence-corrected chi connectivity index (χ0v) is 11.2. The summed E-state index contributed by atoms with van der Waals surface area (Å²) >= 11 is 2.09. The van der Waals surface area contributed by atoms with Gasteiger partial charge in [0.1, 0.15) is 5.76 Å². The zero-order valence-electron chi connectivity index (χ0n) is 10.4. The van der Waals surface area contributed by atoms with Gasteiger partial charge in [0.15, 0.2) is 0 Å². The number of hydrogen-bond acceptors (Lipinski definition) is 3. The maximum atomic E-state index is 5.25. The van der Waals surface area contributed by atoms with Crippen molar-refractivity contribution in [3.8, 4) is 0 Å². The zero-order chi connectivity index (χ0) is 11.6. The monoisotopic (exact) mass is 241 g/mol. The van der Waals surface area contributed by atoms with Crippen LogP contribution in [0.2, 0.25) is 0 Å². The van der Waals surface area contributed by atoms with E-state index in [2.05, 4.69) is 30.9 Å². The van der Waals surface area contributed by atoms with E-state index in [1.165, 1.54) is 25.0 Å². The van der Waals surface area contributed by atoms with Crippen LogP contribution >= 0.6 is 11.8 Å². The van der Waals surface area contributed by atoms with E-state index in [1.807, 2.05) is 12.1 Å². The molecule has 1 heterocycles. The third-order valence-corrected chi connectivity index (χ3v) is 4.06. The van der Waals surface area contributed by atoms with Crippen LogP contribution in [0.15, 0.2) is 22.8 Å². The van der Waals surface area contributed by atoms with Gasteiger partial charge in [0.2, 0.25) is 0 Å². The van der Waals surface area contributed by atoms with E-state index in [0.29, 0.717) is 0 Å². The summed E-state index contributed by atoms with van der Waals surface area (Å²) < 4.78 is 5.25. The topological polar surface area (TPSA) is 25.2 Å². The largest absolute Gasteiger partial charge is 0.468 e. The lowest BCUT2D eigenvalue weighted by Crippen LogP contribution is -2.17. The molecular formula is C13H23NOS. The highest BCUT2D eigenvalue weighted by atomic mass is 32.2. The molecule has 0 radical (unpaired) electrons. The first-order chi connectivity index (χ1) is 7.86. The molecule has 0 saturated carbocycles. The molecule has 1 aromatic rings. The lowest BCUT2D eigenvalue weighted by atomic mass is 10.2. The molecule has 1 unspecified atom stereocenters. The van der Waals surface area contributed by atoms with E-state index in [1.54, 1.807) is 6.26 Å². The molecule has 0 fully saturated rings. The predicted octanol–water partition coefficient (Wildman–Crippen LogP) is 3.68. The van der Waals surface area contributed by atoms with Crippen molar-refractivity contribution < 1.29 is 4.42 Å². The predicted molar refractivity (Wildman–Crippen MR) is 71.9 cm³/mol. The Hall–Kier alpha value is -0.410. The summed E-state index contributed by atoms with van der Waals surface area (Å²) in [5, 5.41) is 4.24. The first kappa shape index (κ1) is 13.7. The fourth-order valence-electron chi connectivity index (χ4n) is 1.65. The van der Waals surface area contributed by atoms with Crippen LogP contribution in [-0.4, -0.2) is 17.5 Å². The van der Waals surface area contributed by atoms with Crippen LogP contribution in [0.1, 0.15) is 38.9 Å². The van der Waals surface area contributed by atoms with Gasteiger partial charge in [0.05, 0.1) is 12.8 Å². The summed E-state index contributed by atoms with van der Waals surface area (Å²) in [5.41, 5.74) is 0. The Labute approximate surface area is 103 Å². The molecule has 0 saturated heterocycles. The van der Waals surface area contributed by atoms with Crippen LogP contribution in [0.5, 0.6) is 0 Å². The molecule has 0 aliphatic heterocycles. The second-order valence-corrected chi connectivity index (χ2v) is 5.35. The van der Waals surface area contributed by atoms with Crippen molar-refractivity contribution in [2.45, 2.75) is 44.9 Å². The molecule has 16 heavy (non-hydrogen) atoms. The minimum atomic E-state index is 0.843. The second kappa shape index (κ2) is 8.71. The normalized spacial score (nSPS) is 12.9. The molecule has 3 heteroatoms. The van der Waals surface area contributed by atoms with E-state index in [-0.39, 0.29) is 0 Å². The van der Waals surface area contributed by atoms with Gasteiger partial charge in [-0.15, -0.1) is 0 Å². The first-order valence-electron chi connectivity index (χ1n) is 6.21. The Morgan fingerprint density at radius 1 is 1.44 bits per heavy atom. The van der Waals surface area contributed by atoms with Gasteiger partial charge >= 0.3 is 0 Å². The maximum absolute atomic E-state index is 5.25. The molecule has 0 amide bonds. The Morgan fingerprint density at radius 2 is 2.31 bits per heavy atom. The molecule has 1 N–H and O–H groups in total. The van der Waals surface area contributed by atoms with Gasteiger partial charge in [0.25, 0.3) is 0 Å². The van der Waals surface area contributed by atoms with Crippen LogP contribution in [0.25, 0.3) is 0 Å². The van der Waals surface area contributed by atoms with Gasteiger partial charge in [-0.3, -0.25) is 0 Å². The van der Waals surface area contributed by atoms with Crippen LogP contribution in [0, 0.1) is 0 Å². The van der Waals surface area contributed by atoms with Crippen molar-refractivity contribution in [1.29, 1.82) is 0 Å². The molecule has 0 aliphatic carbocycles. The molecule has 2 nitrogen and oxygen atoms in total. The summed E-state index contributed by atoms with van der Waals surface area (Å²) in [4.78, 5) is 0. The standard InChI is InChI=1S/C13H23NOS/c1-3-6-13(4-2)16-10-8-14-11-12-7-5-9-15-12/h5,7,9,13-14H,3-4,6,8,10-11H2,1-2H3. The van der Waals surface area contributed by atoms with Crippen molar-refractivity contribution in [3.05, 3.63) is 24.2 Å². The lowest BCUT2D eigenvalue weighted by molar-refractivity contribution is 0.488. The molecule has 0 bridgehead atoms. The van der Waals surface area contributed by atoms with E-state index < -0.39 is 0 Å². The smallest absolute Gasteiger partial charge is 0.117 e. The highest BCUT2D eigenvalue weighted by Crippen LogP contribution is 2.18. The highest BCUT2D eigenvalue weighted by molar-refractivity contribution is 7.99. The Morgan fingerprint density at radius 3 is 2.94 bits per heavy atom. The number of nitrogens with one attached hydrogen (secondary N) is 1. The average molecular weight is 241 g/mol. The van der Waals surface area contributed by atoms with Gasteiger partial charge in [-0.1, -0.05) is 20.3 Å². The third-order valence-electron chi connectivity index (χ3n) is 2.58. The fourth-order valence-corrected chi connectivity index (χ4v) is 2.88. The van der Waals surface area contributed by atoms with E-state index >= 15 is 0 Å². The molecule has 92 valence electrons. The molecular weight excluding hydrogens is 218 g/mol. The molecule has 1 rings (SSSR count). The number of rotatable bonds is 9. The van der Waals surface area contributed by atoms with Crippen LogP contribution < -0.4 is 5.32 Å². The summed E-state index contributed by atoms with van der Waals surface area (Å²) in [7, 11) is 0. The number of thioether (sulfide) groups is 1. The van der Waals surface area contributed by atoms with Crippen LogP contribution in [0.3, 0.4) is 0 Å². The van der Waals surface area contributed by atoms with E-state index in [9.17, 15) is 0 Å². The van der Waals surface area contributed by atoms with Crippen molar-refractivity contribution in [2.75, 3.05) is 12.3 Å². The van der Waals surface area contributed by atoms with Crippen molar-refractivity contribution in [3.63, 3.8) is 0 Å². The van der Waals surface area contributed by atoms with Gasteiger partial charge in [-0.2, -0.15) is 11.8 Å². The van der Waals surface area contributed by atoms with Crippen molar-refractivity contribution in [1.82, 2.24) is 5.32 Å². The quantitative estimate of drug-likeness (QED) is 0.668.